The molecule has 2 aromatic rings. The summed E-state index contributed by atoms with van der Waals surface area (Å²) in [4.78, 5) is 12.4. The Labute approximate surface area is 132 Å². The van der Waals surface area contributed by atoms with Gasteiger partial charge >= 0.3 is 0 Å². The van der Waals surface area contributed by atoms with E-state index in [-0.39, 0.29) is 9.77 Å². The van der Waals surface area contributed by atoms with Crippen molar-refractivity contribution in [2.45, 2.75) is 11.8 Å². The molecule has 5 nitrogen and oxygen atoms in total. The highest BCUT2D eigenvalue weighted by molar-refractivity contribution is 7.89. The quantitative estimate of drug-likeness (QED) is 0.908. The molecule has 22 heavy (non-hydrogen) atoms. The molecule has 0 bridgehead atoms. The van der Waals surface area contributed by atoms with Crippen molar-refractivity contribution < 1.29 is 17.6 Å². The van der Waals surface area contributed by atoms with Crippen LogP contribution in [0.25, 0.3) is 0 Å². The van der Waals surface area contributed by atoms with Gasteiger partial charge in [0.1, 0.15) is 5.82 Å². The Morgan fingerprint density at radius 3 is 2.73 bits per heavy atom. The first-order chi connectivity index (χ1) is 10.3. The molecule has 1 amide bonds. The molecule has 0 aliphatic rings. The lowest BCUT2D eigenvalue weighted by molar-refractivity contribution is 0.103. The van der Waals surface area contributed by atoms with Gasteiger partial charge in [0.15, 0.2) is 0 Å². The maximum Gasteiger partial charge on any atom is 0.265 e. The second kappa shape index (κ2) is 6.55. The zero-order chi connectivity index (χ0) is 16.3. The van der Waals surface area contributed by atoms with E-state index in [1.807, 2.05) is 0 Å². The summed E-state index contributed by atoms with van der Waals surface area (Å²) in [6.45, 7) is 2.06. The van der Waals surface area contributed by atoms with Crippen LogP contribution >= 0.6 is 11.3 Å². The normalized spacial score (nSPS) is 11.6. The van der Waals surface area contributed by atoms with Gasteiger partial charge in [-0.1, -0.05) is 13.0 Å². The first kappa shape index (κ1) is 16.6. The molecule has 2 rings (SSSR count). The minimum Gasteiger partial charge on any atom is -0.321 e. The van der Waals surface area contributed by atoms with Crippen LogP contribution in [0, 0.1) is 5.82 Å². The van der Waals surface area contributed by atoms with E-state index in [0.717, 1.165) is 11.3 Å². The fraction of sp³-hybridized carbons (Fsp3) is 0.214. The second-order valence-electron chi connectivity index (χ2n) is 4.53. The van der Waals surface area contributed by atoms with E-state index in [1.165, 1.54) is 41.0 Å². The number of amides is 1. The van der Waals surface area contributed by atoms with Gasteiger partial charge < -0.3 is 5.32 Å². The number of carbonyl (C=O) groups is 1. The number of rotatable bonds is 5. The van der Waals surface area contributed by atoms with Crippen LogP contribution in [0.1, 0.15) is 16.6 Å². The van der Waals surface area contributed by atoms with Crippen LogP contribution in [0.5, 0.6) is 0 Å². The molecule has 0 atom stereocenters. The highest BCUT2D eigenvalue weighted by Gasteiger charge is 2.22. The summed E-state index contributed by atoms with van der Waals surface area (Å²) in [7, 11) is -2.11. The van der Waals surface area contributed by atoms with E-state index in [4.69, 9.17) is 0 Å². The van der Waals surface area contributed by atoms with Gasteiger partial charge in [0.2, 0.25) is 10.0 Å². The van der Waals surface area contributed by atoms with Gasteiger partial charge in [-0.3, -0.25) is 4.79 Å². The first-order valence-corrected chi connectivity index (χ1v) is 8.78. The van der Waals surface area contributed by atoms with Gasteiger partial charge in [-0.15, -0.1) is 11.3 Å². The molecule has 8 heteroatoms. The number of sulfonamides is 1. The number of anilines is 1. The summed E-state index contributed by atoms with van der Waals surface area (Å²) >= 11 is 1.02. The van der Waals surface area contributed by atoms with E-state index in [0.29, 0.717) is 12.2 Å². The standard InChI is InChI=1S/C14H15FN2O3S2/c1-3-17(2)22(19,20)12-8-13(21-9-12)14(18)16-11-6-4-5-10(15)7-11/h4-9H,3H2,1-2H3,(H,16,18). The number of carbonyl (C=O) groups excluding carboxylic acids is 1. The summed E-state index contributed by atoms with van der Waals surface area (Å²) < 4.78 is 38.6. The highest BCUT2D eigenvalue weighted by Crippen LogP contribution is 2.23. The Bertz CT molecular complexity index is 787. The summed E-state index contributed by atoms with van der Waals surface area (Å²) in [5.41, 5.74) is 0.313. The third-order valence-corrected chi connectivity index (χ3v) is 6.02. The molecule has 0 aliphatic heterocycles. The number of nitrogens with one attached hydrogen (secondary N) is 1. The van der Waals surface area contributed by atoms with E-state index < -0.39 is 21.7 Å². The lowest BCUT2D eigenvalue weighted by Gasteiger charge is -2.12. The molecule has 0 spiro atoms. The summed E-state index contributed by atoms with van der Waals surface area (Å²) in [5.74, 6) is -0.937. The average Bonchev–Trinajstić information content (AvgIpc) is 2.97. The molecule has 0 unspecified atom stereocenters. The predicted octanol–water partition coefficient (Wildman–Crippen LogP) is 2.78. The first-order valence-electron chi connectivity index (χ1n) is 6.46. The molecule has 1 heterocycles. The van der Waals surface area contributed by atoms with Gasteiger partial charge in [-0.05, 0) is 24.3 Å². The minimum atomic E-state index is -3.58. The molecule has 0 fully saturated rings. The van der Waals surface area contributed by atoms with Crippen LogP contribution in [0.4, 0.5) is 10.1 Å². The number of nitrogens with zero attached hydrogens (tertiary/aromatic N) is 1. The fourth-order valence-corrected chi connectivity index (χ4v) is 4.02. The third-order valence-electron chi connectivity index (χ3n) is 3.04. The number of hydrogen-bond acceptors (Lipinski definition) is 4. The predicted molar refractivity (Wildman–Crippen MR) is 84.2 cm³/mol. The van der Waals surface area contributed by atoms with E-state index >= 15 is 0 Å². The van der Waals surface area contributed by atoms with Crippen molar-refractivity contribution in [1.82, 2.24) is 4.31 Å². The molecular weight excluding hydrogens is 327 g/mol. The maximum atomic E-state index is 13.1. The van der Waals surface area contributed by atoms with Crippen LogP contribution in [0.15, 0.2) is 40.6 Å². The minimum absolute atomic E-state index is 0.0752. The van der Waals surface area contributed by atoms with Gasteiger partial charge in [0, 0.05) is 24.7 Å². The van der Waals surface area contributed by atoms with Crippen LogP contribution in [0.3, 0.4) is 0 Å². The Morgan fingerprint density at radius 2 is 2.09 bits per heavy atom. The van der Waals surface area contributed by atoms with Gasteiger partial charge in [-0.25, -0.2) is 17.1 Å². The number of thiophene rings is 1. The van der Waals surface area contributed by atoms with Crippen LogP contribution < -0.4 is 5.32 Å². The van der Waals surface area contributed by atoms with Crippen molar-refractivity contribution >= 4 is 33.0 Å². The SMILES string of the molecule is CCN(C)S(=O)(=O)c1csc(C(=O)Nc2cccc(F)c2)c1. The second-order valence-corrected chi connectivity index (χ2v) is 7.49. The van der Waals surface area contributed by atoms with E-state index in [1.54, 1.807) is 13.0 Å². The molecule has 0 radical (unpaired) electrons. The molecular formula is C14H15FN2O3S2. The van der Waals surface area contributed by atoms with Gasteiger partial charge in [-0.2, -0.15) is 0 Å². The monoisotopic (exact) mass is 342 g/mol. The Balaban J connectivity index is 2.19. The maximum absolute atomic E-state index is 13.1. The van der Waals surface area contributed by atoms with Crippen molar-refractivity contribution in [3.63, 3.8) is 0 Å². The fourth-order valence-electron chi connectivity index (χ4n) is 1.68. The zero-order valence-corrected chi connectivity index (χ0v) is 13.7. The van der Waals surface area contributed by atoms with Crippen LogP contribution in [0.2, 0.25) is 0 Å². The van der Waals surface area contributed by atoms with Gasteiger partial charge in [0.05, 0.1) is 9.77 Å². The molecule has 0 aliphatic carbocycles. The van der Waals surface area contributed by atoms with Crippen LogP contribution in [-0.2, 0) is 10.0 Å². The van der Waals surface area contributed by atoms with E-state index in [9.17, 15) is 17.6 Å². The summed E-state index contributed by atoms with van der Waals surface area (Å²) in [5, 5.41) is 3.95. The zero-order valence-electron chi connectivity index (χ0n) is 12.0. The van der Waals surface area contributed by atoms with Crippen molar-refractivity contribution in [2.75, 3.05) is 18.9 Å². The number of halogens is 1. The lowest BCUT2D eigenvalue weighted by Crippen LogP contribution is -2.26. The average molecular weight is 342 g/mol. The number of hydrogen-bond donors (Lipinski definition) is 1. The number of benzene rings is 1. The highest BCUT2D eigenvalue weighted by atomic mass is 32.2. The Morgan fingerprint density at radius 1 is 1.36 bits per heavy atom. The topological polar surface area (TPSA) is 66.5 Å². The lowest BCUT2D eigenvalue weighted by atomic mass is 10.3. The molecule has 1 aromatic heterocycles. The van der Waals surface area contributed by atoms with Crippen molar-refractivity contribution in [2.24, 2.45) is 0 Å². The van der Waals surface area contributed by atoms with Gasteiger partial charge in [0.25, 0.3) is 5.91 Å². The molecule has 0 saturated heterocycles. The summed E-state index contributed by atoms with van der Waals surface area (Å²) in [6, 6.07) is 6.81. The third kappa shape index (κ3) is 3.52. The largest absolute Gasteiger partial charge is 0.321 e. The summed E-state index contributed by atoms with van der Waals surface area (Å²) in [6.07, 6.45) is 0. The smallest absolute Gasteiger partial charge is 0.265 e. The molecule has 118 valence electrons. The van der Waals surface area contributed by atoms with Crippen molar-refractivity contribution in [1.29, 1.82) is 0 Å². The van der Waals surface area contributed by atoms with E-state index in [2.05, 4.69) is 5.32 Å². The Hall–Kier alpha value is -1.77. The Kier molecular flexibility index (Phi) is 4.94. The van der Waals surface area contributed by atoms with Crippen molar-refractivity contribution in [3.05, 3.63) is 46.4 Å². The van der Waals surface area contributed by atoms with Crippen LogP contribution in [-0.4, -0.2) is 32.2 Å². The van der Waals surface area contributed by atoms with Crippen molar-refractivity contribution in [3.8, 4) is 0 Å². The molecule has 0 saturated carbocycles. The molecule has 1 aromatic carbocycles. The molecule has 1 N–H and O–H groups in total.